The largest absolute Gasteiger partial charge is 0.490 e. The molecule has 0 bridgehead atoms. The number of hydrogen-bond donors (Lipinski definition) is 2. The summed E-state index contributed by atoms with van der Waals surface area (Å²) in [7, 11) is 0. The van der Waals surface area contributed by atoms with E-state index in [4.69, 9.17) is 4.74 Å². The van der Waals surface area contributed by atoms with E-state index in [1.165, 1.54) is 0 Å². The second-order valence-corrected chi connectivity index (χ2v) is 6.56. The molecule has 21 heavy (non-hydrogen) atoms. The fraction of sp³-hybridized carbons (Fsp3) is 0.250. The number of ether oxygens (including phenoxy) is 1. The van der Waals surface area contributed by atoms with Crippen LogP contribution in [0, 0.1) is 6.92 Å². The van der Waals surface area contributed by atoms with Crippen molar-refractivity contribution in [3.63, 3.8) is 0 Å². The molecule has 0 amide bonds. The predicted octanol–water partition coefficient (Wildman–Crippen LogP) is 4.37. The van der Waals surface area contributed by atoms with E-state index >= 15 is 0 Å². The van der Waals surface area contributed by atoms with E-state index in [9.17, 15) is 5.11 Å². The van der Waals surface area contributed by atoms with Gasteiger partial charge in [0.05, 0.1) is 4.47 Å². The van der Waals surface area contributed by atoms with Crippen molar-refractivity contribution in [2.75, 3.05) is 18.5 Å². The lowest BCUT2D eigenvalue weighted by Crippen LogP contribution is -2.26. The van der Waals surface area contributed by atoms with Crippen LogP contribution in [0.25, 0.3) is 0 Å². The van der Waals surface area contributed by atoms with Crippen LogP contribution in [0.2, 0.25) is 0 Å². The summed E-state index contributed by atoms with van der Waals surface area (Å²) in [6.45, 7) is 2.69. The average molecular weight is 415 g/mol. The van der Waals surface area contributed by atoms with Crippen LogP contribution in [0.5, 0.6) is 5.75 Å². The Morgan fingerprint density at radius 1 is 1.19 bits per heavy atom. The molecule has 5 heteroatoms. The molecule has 0 aliphatic heterocycles. The minimum absolute atomic E-state index is 0.239. The molecule has 0 spiro atoms. The molecule has 1 unspecified atom stereocenters. The molecular formula is C16H17Br2NO2. The Bertz CT molecular complexity index is 605. The van der Waals surface area contributed by atoms with Crippen LogP contribution >= 0.6 is 31.9 Å². The van der Waals surface area contributed by atoms with Gasteiger partial charge in [-0.1, -0.05) is 28.1 Å². The summed E-state index contributed by atoms with van der Waals surface area (Å²) in [5.74, 6) is 0.738. The molecule has 112 valence electrons. The Morgan fingerprint density at radius 2 is 2.00 bits per heavy atom. The number of hydrogen-bond acceptors (Lipinski definition) is 3. The van der Waals surface area contributed by atoms with Gasteiger partial charge in [-0.05, 0) is 58.7 Å². The summed E-state index contributed by atoms with van der Waals surface area (Å²) < 4.78 is 7.52. The standard InChI is InChI=1S/C16H17Br2NO2/c1-11-5-6-16(15(18)7-11)21-10-14(20)9-19-13-4-2-3-12(17)8-13/h2-8,14,19-20H,9-10H2,1H3. The molecule has 0 aromatic heterocycles. The molecule has 2 aromatic carbocycles. The zero-order chi connectivity index (χ0) is 15.2. The Balaban J connectivity index is 1.80. The van der Waals surface area contributed by atoms with Crippen LogP contribution < -0.4 is 10.1 Å². The number of benzene rings is 2. The molecule has 0 saturated carbocycles. The van der Waals surface area contributed by atoms with Crippen molar-refractivity contribution in [1.29, 1.82) is 0 Å². The van der Waals surface area contributed by atoms with Gasteiger partial charge in [-0.15, -0.1) is 0 Å². The van der Waals surface area contributed by atoms with E-state index in [1.807, 2.05) is 49.4 Å². The smallest absolute Gasteiger partial charge is 0.133 e. The molecule has 0 radical (unpaired) electrons. The van der Waals surface area contributed by atoms with Crippen molar-refractivity contribution in [3.8, 4) is 5.75 Å². The minimum Gasteiger partial charge on any atom is -0.490 e. The molecule has 2 rings (SSSR count). The lowest BCUT2D eigenvalue weighted by Gasteiger charge is -2.15. The number of aliphatic hydroxyl groups excluding tert-OH is 1. The SMILES string of the molecule is Cc1ccc(OCC(O)CNc2cccc(Br)c2)c(Br)c1. The van der Waals surface area contributed by atoms with Gasteiger partial charge in [-0.3, -0.25) is 0 Å². The summed E-state index contributed by atoms with van der Waals surface area (Å²) in [5, 5.41) is 13.1. The van der Waals surface area contributed by atoms with Crippen molar-refractivity contribution in [1.82, 2.24) is 0 Å². The molecule has 0 aliphatic rings. The van der Waals surface area contributed by atoms with Gasteiger partial charge in [-0.2, -0.15) is 0 Å². The van der Waals surface area contributed by atoms with Crippen LogP contribution in [0.1, 0.15) is 5.56 Å². The lowest BCUT2D eigenvalue weighted by atomic mass is 10.2. The zero-order valence-corrected chi connectivity index (χ0v) is 14.8. The highest BCUT2D eigenvalue weighted by atomic mass is 79.9. The Hall–Kier alpha value is -1.04. The Labute approximate surface area is 141 Å². The number of rotatable bonds is 6. The average Bonchev–Trinajstić information content (AvgIpc) is 2.44. The monoisotopic (exact) mass is 413 g/mol. The van der Waals surface area contributed by atoms with Crippen molar-refractivity contribution >= 4 is 37.5 Å². The van der Waals surface area contributed by atoms with Gasteiger partial charge in [-0.25, -0.2) is 0 Å². The Morgan fingerprint density at radius 3 is 2.71 bits per heavy atom. The number of aliphatic hydroxyl groups is 1. The summed E-state index contributed by atoms with van der Waals surface area (Å²) >= 11 is 6.87. The molecule has 2 aromatic rings. The van der Waals surface area contributed by atoms with Crippen LogP contribution in [0.4, 0.5) is 5.69 Å². The number of halogens is 2. The third kappa shape index (κ3) is 5.34. The van der Waals surface area contributed by atoms with Gasteiger partial charge < -0.3 is 15.2 Å². The van der Waals surface area contributed by atoms with E-state index < -0.39 is 6.10 Å². The first-order valence-electron chi connectivity index (χ1n) is 6.61. The molecule has 0 heterocycles. The quantitative estimate of drug-likeness (QED) is 0.737. The lowest BCUT2D eigenvalue weighted by molar-refractivity contribution is 0.117. The van der Waals surface area contributed by atoms with Crippen LogP contribution in [-0.2, 0) is 0 Å². The normalized spacial score (nSPS) is 12.0. The summed E-state index contributed by atoms with van der Waals surface area (Å²) in [5.41, 5.74) is 2.12. The fourth-order valence-corrected chi connectivity index (χ4v) is 2.81. The van der Waals surface area contributed by atoms with Crippen LogP contribution in [0.3, 0.4) is 0 Å². The van der Waals surface area contributed by atoms with Gasteiger partial charge in [0.1, 0.15) is 18.5 Å². The van der Waals surface area contributed by atoms with Gasteiger partial charge in [0.2, 0.25) is 0 Å². The van der Waals surface area contributed by atoms with Gasteiger partial charge in [0.15, 0.2) is 0 Å². The molecule has 0 saturated heterocycles. The number of anilines is 1. The van der Waals surface area contributed by atoms with Crippen molar-refractivity contribution < 1.29 is 9.84 Å². The zero-order valence-electron chi connectivity index (χ0n) is 11.6. The summed E-state index contributed by atoms with van der Waals surface area (Å²) in [6, 6.07) is 13.7. The first-order chi connectivity index (χ1) is 10.0. The first-order valence-corrected chi connectivity index (χ1v) is 8.19. The van der Waals surface area contributed by atoms with E-state index in [2.05, 4.69) is 37.2 Å². The minimum atomic E-state index is -0.586. The van der Waals surface area contributed by atoms with E-state index in [-0.39, 0.29) is 6.61 Å². The third-order valence-electron chi connectivity index (χ3n) is 2.89. The topological polar surface area (TPSA) is 41.5 Å². The van der Waals surface area contributed by atoms with Crippen LogP contribution in [-0.4, -0.2) is 24.4 Å². The highest BCUT2D eigenvalue weighted by Crippen LogP contribution is 2.25. The fourth-order valence-electron chi connectivity index (χ4n) is 1.80. The molecular weight excluding hydrogens is 398 g/mol. The second-order valence-electron chi connectivity index (χ2n) is 4.79. The first kappa shape index (κ1) is 16.3. The molecule has 0 fully saturated rings. The molecule has 0 aliphatic carbocycles. The Kier molecular flexibility index (Phi) is 6.08. The summed E-state index contributed by atoms with van der Waals surface area (Å²) in [4.78, 5) is 0. The number of nitrogens with one attached hydrogen (secondary N) is 1. The van der Waals surface area contributed by atoms with Crippen molar-refractivity contribution in [2.24, 2.45) is 0 Å². The third-order valence-corrected chi connectivity index (χ3v) is 4.00. The summed E-state index contributed by atoms with van der Waals surface area (Å²) in [6.07, 6.45) is -0.586. The second kappa shape index (κ2) is 7.82. The van der Waals surface area contributed by atoms with Crippen molar-refractivity contribution in [3.05, 3.63) is 57.0 Å². The number of aryl methyl sites for hydroxylation is 1. The predicted molar refractivity (Wildman–Crippen MR) is 93.0 cm³/mol. The van der Waals surface area contributed by atoms with Gasteiger partial charge in [0, 0.05) is 16.7 Å². The van der Waals surface area contributed by atoms with E-state index in [0.29, 0.717) is 6.54 Å². The molecule has 3 nitrogen and oxygen atoms in total. The van der Waals surface area contributed by atoms with Gasteiger partial charge in [0.25, 0.3) is 0 Å². The maximum Gasteiger partial charge on any atom is 0.133 e. The van der Waals surface area contributed by atoms with Gasteiger partial charge >= 0.3 is 0 Å². The molecule has 1 atom stereocenters. The molecule has 2 N–H and O–H groups in total. The van der Waals surface area contributed by atoms with E-state index in [1.54, 1.807) is 0 Å². The van der Waals surface area contributed by atoms with E-state index in [0.717, 1.165) is 25.9 Å². The maximum atomic E-state index is 9.97. The van der Waals surface area contributed by atoms with Crippen LogP contribution in [0.15, 0.2) is 51.4 Å². The highest BCUT2D eigenvalue weighted by Gasteiger charge is 2.07. The highest BCUT2D eigenvalue weighted by molar-refractivity contribution is 9.10. The van der Waals surface area contributed by atoms with Crippen molar-refractivity contribution in [2.45, 2.75) is 13.0 Å². The maximum absolute atomic E-state index is 9.97.